The van der Waals surface area contributed by atoms with E-state index in [9.17, 15) is 0 Å². The van der Waals surface area contributed by atoms with Crippen molar-refractivity contribution in [2.24, 2.45) is 0 Å². The van der Waals surface area contributed by atoms with E-state index in [1.165, 1.54) is 0 Å². The molecular weight excluding hydrogens is 219 g/mol. The Bertz CT molecular complexity index is 50.4. The Morgan fingerprint density at radius 1 is 1.62 bits per heavy atom. The van der Waals surface area contributed by atoms with Crippen molar-refractivity contribution < 1.29 is 10.2 Å². The van der Waals surface area contributed by atoms with Crippen LogP contribution in [0, 0.1) is 0 Å². The van der Waals surface area contributed by atoms with Crippen LogP contribution < -0.4 is 0 Å². The Hall–Kier alpha value is 0.650. The van der Waals surface area contributed by atoms with Gasteiger partial charge in [0, 0.05) is 0 Å². The van der Waals surface area contributed by atoms with Crippen LogP contribution in [0.25, 0.3) is 0 Å². The van der Waals surface area contributed by atoms with Crippen LogP contribution in [0.3, 0.4) is 0 Å². The van der Waals surface area contributed by atoms with Crippen molar-refractivity contribution in [3.8, 4) is 0 Å². The van der Waals surface area contributed by atoms with Crippen LogP contribution >= 0.6 is 22.6 Å². The lowest BCUT2D eigenvalue weighted by Gasteiger charge is -2.11. The molecule has 0 heterocycles. The van der Waals surface area contributed by atoms with E-state index in [1.807, 2.05) is 29.5 Å². The third-order valence-electron chi connectivity index (χ3n) is 1.01. The molecule has 2 N–H and O–H groups in total. The molecule has 50 valence electrons. The second-order valence-electron chi connectivity index (χ2n) is 1.67. The van der Waals surface area contributed by atoms with E-state index in [4.69, 9.17) is 10.2 Å². The Kier molecular flexibility index (Phi) is 4.89. The highest BCUT2D eigenvalue weighted by Crippen LogP contribution is 2.07. The molecule has 0 aliphatic carbocycles. The van der Waals surface area contributed by atoms with Crippen molar-refractivity contribution in [2.75, 3.05) is 6.61 Å². The van der Waals surface area contributed by atoms with Crippen LogP contribution in [0.4, 0.5) is 0 Å². The average molecular weight is 230 g/mol. The summed E-state index contributed by atoms with van der Waals surface area (Å²) in [7, 11) is 0. The Morgan fingerprint density at radius 3 is 2.25 bits per heavy atom. The van der Waals surface area contributed by atoms with E-state index in [1.54, 1.807) is 0 Å². The summed E-state index contributed by atoms with van der Waals surface area (Å²) < 4.78 is -0.00222. The van der Waals surface area contributed by atoms with Crippen molar-refractivity contribution in [3.63, 3.8) is 0 Å². The van der Waals surface area contributed by atoms with Gasteiger partial charge in [-0.25, -0.2) is 0 Å². The van der Waals surface area contributed by atoms with Gasteiger partial charge in [0.15, 0.2) is 0 Å². The van der Waals surface area contributed by atoms with Gasteiger partial charge in [-0.05, 0) is 6.42 Å². The molecule has 0 saturated carbocycles. The third-order valence-corrected chi connectivity index (χ3v) is 2.23. The number of alkyl halides is 1. The van der Waals surface area contributed by atoms with Gasteiger partial charge in [0.1, 0.15) is 0 Å². The van der Waals surface area contributed by atoms with Crippen LogP contribution in [0.2, 0.25) is 0 Å². The van der Waals surface area contributed by atoms with Gasteiger partial charge in [-0.15, -0.1) is 0 Å². The summed E-state index contributed by atoms with van der Waals surface area (Å²) >= 11 is 2.03. The Labute approximate surface area is 63.0 Å². The van der Waals surface area contributed by atoms with Crippen molar-refractivity contribution in [3.05, 3.63) is 0 Å². The van der Waals surface area contributed by atoms with Gasteiger partial charge in [-0.2, -0.15) is 0 Å². The molecule has 0 spiro atoms. The molecule has 0 aromatic rings. The smallest absolute Gasteiger partial charge is 0.0677 e. The molecule has 0 bridgehead atoms. The Balaban J connectivity index is 3.29. The first-order valence-corrected chi connectivity index (χ1v) is 3.90. The molecule has 0 saturated heterocycles. The molecular formula is C5H11IO2. The molecule has 3 heteroatoms. The maximum atomic E-state index is 8.96. The monoisotopic (exact) mass is 230 g/mol. The van der Waals surface area contributed by atoms with Crippen molar-refractivity contribution in [1.82, 2.24) is 0 Å². The summed E-state index contributed by atoms with van der Waals surface area (Å²) in [5.74, 6) is 0. The molecule has 0 aliphatic rings. The van der Waals surface area contributed by atoms with Crippen molar-refractivity contribution in [1.29, 1.82) is 0 Å². The van der Waals surface area contributed by atoms with Gasteiger partial charge < -0.3 is 10.2 Å². The molecule has 0 aromatic heterocycles. The lowest BCUT2D eigenvalue weighted by atomic mass is 10.2. The molecule has 0 aromatic carbocycles. The van der Waals surface area contributed by atoms with E-state index >= 15 is 0 Å². The topological polar surface area (TPSA) is 40.5 Å². The molecule has 8 heavy (non-hydrogen) atoms. The molecule has 0 amide bonds. The quantitative estimate of drug-likeness (QED) is 0.549. The predicted molar refractivity (Wildman–Crippen MR) is 41.2 cm³/mol. The number of hydrogen-bond acceptors (Lipinski definition) is 2. The van der Waals surface area contributed by atoms with Gasteiger partial charge in [0.2, 0.25) is 0 Å². The summed E-state index contributed by atoms with van der Waals surface area (Å²) in [4.78, 5) is 0. The standard InChI is InChI=1S/C5H11IO2/c1-2-5(8)4(6)3-7/h4-5,7-8H,2-3H2,1H3/t4-,5-/m0/s1. The zero-order valence-corrected chi connectivity index (χ0v) is 7.00. The fourth-order valence-corrected chi connectivity index (χ4v) is 0.886. The van der Waals surface area contributed by atoms with E-state index in [0.29, 0.717) is 6.42 Å². The van der Waals surface area contributed by atoms with Gasteiger partial charge in [0.05, 0.1) is 16.6 Å². The number of halogens is 1. The van der Waals surface area contributed by atoms with E-state index in [-0.39, 0.29) is 16.6 Å². The largest absolute Gasteiger partial charge is 0.395 e. The zero-order valence-electron chi connectivity index (χ0n) is 4.84. The molecule has 2 nitrogen and oxygen atoms in total. The highest BCUT2D eigenvalue weighted by molar-refractivity contribution is 14.1. The number of hydrogen-bond donors (Lipinski definition) is 2. The second kappa shape index (κ2) is 4.52. The fourth-order valence-electron chi connectivity index (χ4n) is 0.377. The molecule has 0 unspecified atom stereocenters. The van der Waals surface area contributed by atoms with E-state index < -0.39 is 0 Å². The first kappa shape index (κ1) is 8.65. The number of aliphatic hydroxyl groups is 2. The molecule has 0 fully saturated rings. The van der Waals surface area contributed by atoms with Gasteiger partial charge >= 0.3 is 0 Å². The fraction of sp³-hybridized carbons (Fsp3) is 1.00. The first-order chi connectivity index (χ1) is 3.72. The maximum absolute atomic E-state index is 8.96. The summed E-state index contributed by atoms with van der Waals surface area (Å²) in [6.07, 6.45) is 0.370. The van der Waals surface area contributed by atoms with E-state index in [2.05, 4.69) is 0 Å². The van der Waals surface area contributed by atoms with Crippen LogP contribution in [-0.2, 0) is 0 Å². The molecule has 0 aliphatic heterocycles. The minimum absolute atomic E-state index is 0.00222. The van der Waals surface area contributed by atoms with Crippen LogP contribution in [0.5, 0.6) is 0 Å². The summed E-state index contributed by atoms with van der Waals surface area (Å²) in [5.41, 5.74) is 0. The lowest BCUT2D eigenvalue weighted by Crippen LogP contribution is -2.22. The van der Waals surface area contributed by atoms with Gasteiger partial charge in [0.25, 0.3) is 0 Å². The van der Waals surface area contributed by atoms with Crippen LogP contribution in [-0.4, -0.2) is 26.8 Å². The Morgan fingerprint density at radius 2 is 2.12 bits per heavy atom. The SMILES string of the molecule is CC[C@H](O)[C@@H](I)CO. The minimum atomic E-state index is -0.347. The van der Waals surface area contributed by atoms with Gasteiger partial charge in [-0.1, -0.05) is 29.5 Å². The number of rotatable bonds is 3. The lowest BCUT2D eigenvalue weighted by molar-refractivity contribution is 0.142. The zero-order chi connectivity index (χ0) is 6.57. The summed E-state index contributed by atoms with van der Waals surface area (Å²) in [6, 6.07) is 0. The van der Waals surface area contributed by atoms with Crippen molar-refractivity contribution >= 4 is 22.6 Å². The predicted octanol–water partition coefficient (Wildman–Crippen LogP) is 0.553. The number of aliphatic hydroxyl groups excluding tert-OH is 2. The maximum Gasteiger partial charge on any atom is 0.0677 e. The molecule has 2 atom stereocenters. The van der Waals surface area contributed by atoms with Crippen LogP contribution in [0.1, 0.15) is 13.3 Å². The van der Waals surface area contributed by atoms with Crippen molar-refractivity contribution in [2.45, 2.75) is 23.4 Å². The van der Waals surface area contributed by atoms with Gasteiger partial charge in [-0.3, -0.25) is 0 Å². The molecule has 0 rings (SSSR count). The minimum Gasteiger partial charge on any atom is -0.395 e. The highest BCUT2D eigenvalue weighted by Gasteiger charge is 2.10. The van der Waals surface area contributed by atoms with Crippen LogP contribution in [0.15, 0.2) is 0 Å². The third kappa shape index (κ3) is 2.84. The molecule has 0 radical (unpaired) electrons. The summed E-state index contributed by atoms with van der Waals surface area (Å²) in [5, 5.41) is 17.4. The highest BCUT2D eigenvalue weighted by atomic mass is 127. The second-order valence-corrected chi connectivity index (χ2v) is 3.27. The first-order valence-electron chi connectivity index (χ1n) is 2.65. The average Bonchev–Trinajstić information content (AvgIpc) is 1.84. The summed E-state index contributed by atoms with van der Waals surface area (Å²) in [6.45, 7) is 1.96. The van der Waals surface area contributed by atoms with E-state index in [0.717, 1.165) is 0 Å². The normalized spacial score (nSPS) is 18.0.